The Hall–Kier alpha value is -2.15. The molecule has 29 heavy (non-hydrogen) atoms. The summed E-state index contributed by atoms with van der Waals surface area (Å²) in [6, 6.07) is 12.5. The Morgan fingerprint density at radius 2 is 1.93 bits per heavy atom. The van der Waals surface area contributed by atoms with E-state index in [2.05, 4.69) is 5.32 Å². The molecule has 0 aliphatic heterocycles. The van der Waals surface area contributed by atoms with Gasteiger partial charge in [-0.2, -0.15) is 0 Å². The number of halogens is 2. The highest BCUT2D eigenvalue weighted by molar-refractivity contribution is 7.90. The molecule has 0 saturated carbocycles. The van der Waals surface area contributed by atoms with E-state index >= 15 is 0 Å². The molecule has 3 aromatic rings. The van der Waals surface area contributed by atoms with Crippen LogP contribution in [0.5, 0.6) is 0 Å². The summed E-state index contributed by atoms with van der Waals surface area (Å²) in [6.45, 7) is 0. The fourth-order valence-electron chi connectivity index (χ4n) is 4.07. The molecule has 0 spiro atoms. The number of nitrogens with zero attached hydrogens (tertiary/aromatic N) is 1. The van der Waals surface area contributed by atoms with Gasteiger partial charge in [-0.05, 0) is 67.8 Å². The third-order valence-corrected chi connectivity index (χ3v) is 7.38. The normalized spacial score (nSPS) is 17.0. The molecule has 1 unspecified atom stereocenters. The highest BCUT2D eigenvalue weighted by Crippen LogP contribution is 2.39. The van der Waals surface area contributed by atoms with Crippen LogP contribution >= 0.6 is 11.6 Å². The third-order valence-electron chi connectivity index (χ3n) is 5.49. The minimum Gasteiger partial charge on any atom is -0.313 e. The first-order valence-electron chi connectivity index (χ1n) is 9.61. The van der Waals surface area contributed by atoms with Crippen molar-refractivity contribution < 1.29 is 12.8 Å². The van der Waals surface area contributed by atoms with E-state index in [4.69, 9.17) is 11.6 Å². The van der Waals surface area contributed by atoms with E-state index in [9.17, 15) is 12.8 Å². The van der Waals surface area contributed by atoms with Crippen LogP contribution in [-0.2, 0) is 16.4 Å². The van der Waals surface area contributed by atoms with E-state index in [1.165, 1.54) is 22.2 Å². The predicted molar refractivity (Wildman–Crippen MR) is 113 cm³/mol. The summed E-state index contributed by atoms with van der Waals surface area (Å²) in [7, 11) is -2.09. The van der Waals surface area contributed by atoms with Gasteiger partial charge in [0.05, 0.1) is 10.6 Å². The summed E-state index contributed by atoms with van der Waals surface area (Å²) in [4.78, 5) is 0.0776. The van der Waals surface area contributed by atoms with Crippen LogP contribution in [0.3, 0.4) is 0 Å². The second-order valence-corrected chi connectivity index (χ2v) is 9.49. The smallest absolute Gasteiger partial charge is 0.268 e. The molecule has 1 aliphatic rings. The number of benzene rings is 2. The highest BCUT2D eigenvalue weighted by atomic mass is 35.5. The standard InChI is InChI=1S/C22H22ClFN2O2S/c1-25-21-12-5-3-9-17-19(21)14-26(22(17)18-10-2-4-11-20(18)24)29(27,28)16-8-6-7-15(23)13-16/h2,4,6-8,10-11,13-14,21,25H,3,5,9,12H2,1H3. The van der Waals surface area contributed by atoms with Crippen molar-refractivity contribution in [1.29, 1.82) is 0 Å². The van der Waals surface area contributed by atoms with Crippen LogP contribution in [0.2, 0.25) is 5.02 Å². The van der Waals surface area contributed by atoms with E-state index in [0.717, 1.165) is 30.4 Å². The van der Waals surface area contributed by atoms with Gasteiger partial charge in [-0.25, -0.2) is 16.8 Å². The molecule has 4 rings (SSSR count). The van der Waals surface area contributed by atoms with Crippen molar-refractivity contribution in [2.75, 3.05) is 7.05 Å². The van der Waals surface area contributed by atoms with Gasteiger partial charge in [0.25, 0.3) is 10.0 Å². The van der Waals surface area contributed by atoms with Crippen LogP contribution in [0, 0.1) is 5.82 Å². The Bertz CT molecular complexity index is 1160. The fraction of sp³-hybridized carbons (Fsp3) is 0.273. The molecule has 1 heterocycles. The third kappa shape index (κ3) is 3.61. The first-order chi connectivity index (χ1) is 13.9. The Morgan fingerprint density at radius 1 is 1.14 bits per heavy atom. The summed E-state index contributed by atoms with van der Waals surface area (Å²) >= 11 is 6.04. The van der Waals surface area contributed by atoms with Gasteiger partial charge >= 0.3 is 0 Å². The van der Waals surface area contributed by atoms with Crippen molar-refractivity contribution in [2.45, 2.75) is 36.6 Å². The molecule has 0 fully saturated rings. The molecule has 1 aromatic heterocycles. The van der Waals surface area contributed by atoms with Gasteiger partial charge in [0, 0.05) is 22.8 Å². The van der Waals surface area contributed by atoms with E-state index in [1.807, 2.05) is 7.05 Å². The second kappa shape index (κ2) is 7.94. The van der Waals surface area contributed by atoms with Gasteiger partial charge in [-0.3, -0.25) is 0 Å². The number of aromatic nitrogens is 1. The van der Waals surface area contributed by atoms with Crippen LogP contribution in [0.4, 0.5) is 4.39 Å². The van der Waals surface area contributed by atoms with Crippen LogP contribution in [-0.4, -0.2) is 19.4 Å². The topological polar surface area (TPSA) is 51.1 Å². The summed E-state index contributed by atoms with van der Waals surface area (Å²) in [6.07, 6.45) is 5.21. The average Bonchev–Trinajstić information content (AvgIpc) is 2.96. The molecular formula is C22H22ClFN2O2S. The lowest BCUT2D eigenvalue weighted by Crippen LogP contribution is -2.16. The van der Waals surface area contributed by atoms with Crippen molar-refractivity contribution in [3.8, 4) is 11.3 Å². The molecule has 152 valence electrons. The van der Waals surface area contributed by atoms with Crippen molar-refractivity contribution in [3.05, 3.63) is 76.7 Å². The average molecular weight is 433 g/mol. The lowest BCUT2D eigenvalue weighted by molar-refractivity contribution is 0.532. The Labute approximate surface area is 175 Å². The number of rotatable bonds is 4. The summed E-state index contributed by atoms with van der Waals surface area (Å²) < 4.78 is 43.1. The zero-order valence-electron chi connectivity index (χ0n) is 16.0. The molecule has 1 aliphatic carbocycles. The zero-order valence-corrected chi connectivity index (χ0v) is 17.6. The van der Waals surface area contributed by atoms with Crippen LogP contribution < -0.4 is 5.32 Å². The molecule has 0 radical (unpaired) electrons. The molecule has 2 aromatic carbocycles. The van der Waals surface area contributed by atoms with Crippen LogP contribution in [0.15, 0.2) is 59.6 Å². The molecule has 1 N–H and O–H groups in total. The van der Waals surface area contributed by atoms with Crippen molar-refractivity contribution in [3.63, 3.8) is 0 Å². The van der Waals surface area contributed by atoms with Gasteiger partial charge in [0.1, 0.15) is 5.82 Å². The van der Waals surface area contributed by atoms with Crippen molar-refractivity contribution in [1.82, 2.24) is 9.29 Å². The predicted octanol–water partition coefficient (Wildman–Crippen LogP) is 5.17. The number of hydrogen-bond acceptors (Lipinski definition) is 3. The van der Waals surface area contributed by atoms with Gasteiger partial charge in [-0.15, -0.1) is 0 Å². The van der Waals surface area contributed by atoms with E-state index < -0.39 is 15.8 Å². The lowest BCUT2D eigenvalue weighted by Gasteiger charge is -2.14. The summed E-state index contributed by atoms with van der Waals surface area (Å²) in [5.74, 6) is -0.443. The van der Waals surface area contributed by atoms with Gasteiger partial charge in [0.15, 0.2) is 0 Å². The maximum Gasteiger partial charge on any atom is 0.268 e. The Kier molecular flexibility index (Phi) is 5.51. The Balaban J connectivity index is 2.03. The minimum absolute atomic E-state index is 0.0221. The van der Waals surface area contributed by atoms with Gasteiger partial charge < -0.3 is 5.32 Å². The summed E-state index contributed by atoms with van der Waals surface area (Å²) in [5.41, 5.74) is 2.49. The molecular weight excluding hydrogens is 411 g/mol. The fourth-order valence-corrected chi connectivity index (χ4v) is 5.78. The van der Waals surface area contributed by atoms with E-state index in [1.54, 1.807) is 36.5 Å². The van der Waals surface area contributed by atoms with Gasteiger partial charge in [0.2, 0.25) is 0 Å². The zero-order chi connectivity index (χ0) is 20.6. The number of nitrogens with one attached hydrogen (secondary N) is 1. The number of fused-ring (bicyclic) bond motifs is 1. The Morgan fingerprint density at radius 3 is 2.66 bits per heavy atom. The lowest BCUT2D eigenvalue weighted by atomic mass is 9.99. The van der Waals surface area contributed by atoms with Crippen LogP contribution in [0.1, 0.15) is 36.4 Å². The minimum atomic E-state index is -3.96. The highest BCUT2D eigenvalue weighted by Gasteiger charge is 2.30. The van der Waals surface area contributed by atoms with Gasteiger partial charge in [-0.1, -0.05) is 36.2 Å². The molecule has 4 nitrogen and oxygen atoms in total. The SMILES string of the molecule is CNC1CCCCc2c1cn(S(=O)(=O)c1cccc(Cl)c1)c2-c1ccccc1F. The van der Waals surface area contributed by atoms with Crippen molar-refractivity contribution >= 4 is 21.6 Å². The monoisotopic (exact) mass is 432 g/mol. The first-order valence-corrected chi connectivity index (χ1v) is 11.4. The van der Waals surface area contributed by atoms with Crippen molar-refractivity contribution in [2.24, 2.45) is 0 Å². The summed E-state index contributed by atoms with van der Waals surface area (Å²) in [5, 5.41) is 3.62. The second-order valence-electron chi connectivity index (χ2n) is 7.24. The molecule has 7 heteroatoms. The molecule has 0 saturated heterocycles. The van der Waals surface area contributed by atoms with E-state index in [-0.39, 0.29) is 16.5 Å². The largest absolute Gasteiger partial charge is 0.313 e. The molecule has 0 amide bonds. The first kappa shape index (κ1) is 20.1. The maximum absolute atomic E-state index is 14.8. The number of hydrogen-bond donors (Lipinski definition) is 1. The quantitative estimate of drug-likeness (QED) is 0.578. The van der Waals surface area contributed by atoms with E-state index in [0.29, 0.717) is 17.1 Å². The maximum atomic E-state index is 14.8. The molecule has 1 atom stereocenters. The molecule has 0 bridgehead atoms. The van der Waals surface area contributed by atoms with Crippen LogP contribution in [0.25, 0.3) is 11.3 Å².